The van der Waals surface area contributed by atoms with Gasteiger partial charge in [0.15, 0.2) is 0 Å². The molecule has 1 aliphatic heterocycles. The first-order valence-corrected chi connectivity index (χ1v) is 9.88. The summed E-state index contributed by atoms with van der Waals surface area (Å²) >= 11 is 0. The van der Waals surface area contributed by atoms with Crippen LogP contribution in [0.1, 0.15) is 30.3 Å². The largest absolute Gasteiger partial charge is 0.356 e. The summed E-state index contributed by atoms with van der Waals surface area (Å²) < 4.78 is 2.24. The number of rotatable bonds is 4. The molecule has 140 valence electrons. The van der Waals surface area contributed by atoms with Crippen LogP contribution < -0.4 is 4.90 Å². The van der Waals surface area contributed by atoms with E-state index in [-0.39, 0.29) is 0 Å². The number of aromatic nitrogens is 4. The van der Waals surface area contributed by atoms with Crippen LogP contribution in [0, 0.1) is 0 Å². The molecule has 0 N–H and O–H groups in total. The number of fused-ring (bicyclic) bond motifs is 1. The third-order valence-electron chi connectivity index (χ3n) is 5.50. The predicted octanol–water partition coefficient (Wildman–Crippen LogP) is 4.26. The van der Waals surface area contributed by atoms with Crippen LogP contribution in [0.5, 0.6) is 0 Å². The maximum atomic E-state index is 4.89. The maximum Gasteiger partial charge on any atom is 0.129 e. The van der Waals surface area contributed by atoms with Gasteiger partial charge in [0.05, 0.1) is 17.8 Å². The zero-order valence-electron chi connectivity index (χ0n) is 15.8. The van der Waals surface area contributed by atoms with Crippen molar-refractivity contribution in [2.24, 2.45) is 0 Å². The number of hydrogen-bond acceptors (Lipinski definition) is 4. The van der Waals surface area contributed by atoms with Gasteiger partial charge in [-0.1, -0.05) is 24.3 Å². The van der Waals surface area contributed by atoms with Gasteiger partial charge in [-0.2, -0.15) is 0 Å². The Kier molecular flexibility index (Phi) is 4.49. The lowest BCUT2D eigenvalue weighted by atomic mass is 9.97. The van der Waals surface area contributed by atoms with Crippen LogP contribution in [0.3, 0.4) is 0 Å². The van der Waals surface area contributed by atoms with Gasteiger partial charge in [0.2, 0.25) is 0 Å². The molecular weight excluding hydrogens is 346 g/mol. The summed E-state index contributed by atoms with van der Waals surface area (Å²) in [4.78, 5) is 16.5. The quantitative estimate of drug-likeness (QED) is 0.539. The Morgan fingerprint density at radius 1 is 0.929 bits per heavy atom. The Hall–Kier alpha value is -3.21. The number of imidazole rings is 1. The molecule has 1 aromatic carbocycles. The smallest absolute Gasteiger partial charge is 0.129 e. The molecule has 0 bridgehead atoms. The Morgan fingerprint density at radius 3 is 2.79 bits per heavy atom. The van der Waals surface area contributed by atoms with Crippen molar-refractivity contribution in [2.75, 3.05) is 18.0 Å². The zero-order valence-corrected chi connectivity index (χ0v) is 15.8. The van der Waals surface area contributed by atoms with E-state index in [0.717, 1.165) is 55.3 Å². The Balaban J connectivity index is 1.38. The van der Waals surface area contributed by atoms with Gasteiger partial charge < -0.3 is 9.47 Å². The molecule has 5 nitrogen and oxygen atoms in total. The summed E-state index contributed by atoms with van der Waals surface area (Å²) in [6.07, 6.45) is 8.13. The second kappa shape index (κ2) is 7.43. The van der Waals surface area contributed by atoms with Crippen molar-refractivity contribution in [2.45, 2.75) is 25.3 Å². The summed E-state index contributed by atoms with van der Waals surface area (Å²) in [5.74, 6) is 2.61. The monoisotopic (exact) mass is 369 g/mol. The lowest BCUT2D eigenvalue weighted by Gasteiger charge is -2.33. The summed E-state index contributed by atoms with van der Waals surface area (Å²) in [6, 6.07) is 18.7. The van der Waals surface area contributed by atoms with Crippen molar-refractivity contribution in [1.82, 2.24) is 19.5 Å². The number of hydrogen-bond donors (Lipinski definition) is 0. The molecule has 4 aromatic rings. The minimum absolute atomic E-state index is 0.403. The number of benzene rings is 1. The normalized spacial score (nSPS) is 17.1. The van der Waals surface area contributed by atoms with Crippen molar-refractivity contribution in [3.63, 3.8) is 0 Å². The standard InChI is InChI=1S/C23H23N5/c1-2-9-21-18(6-1)10-11-22(26-21)27-14-5-7-19(16-27)23-25-13-15-28(23)17-20-8-3-4-12-24-20/h1-4,6,8-13,15,19H,5,7,14,16-17H2/t19-/m0/s1. The SMILES string of the molecule is c1ccc(Cn2ccnc2[C@H]2CCCN(c3ccc4ccccc4n3)C2)nc1. The summed E-state index contributed by atoms with van der Waals surface area (Å²) in [5, 5.41) is 1.19. The van der Waals surface area contributed by atoms with Crippen LogP contribution in [0.15, 0.2) is 73.2 Å². The molecule has 5 heteroatoms. The van der Waals surface area contributed by atoms with Crippen LogP contribution in [0.25, 0.3) is 10.9 Å². The lowest BCUT2D eigenvalue weighted by molar-refractivity contribution is 0.473. The van der Waals surface area contributed by atoms with E-state index in [0.29, 0.717) is 5.92 Å². The number of piperidine rings is 1. The van der Waals surface area contributed by atoms with Gasteiger partial charge in [0, 0.05) is 43.0 Å². The highest BCUT2D eigenvalue weighted by atomic mass is 15.2. The third-order valence-corrected chi connectivity index (χ3v) is 5.50. The highest BCUT2D eigenvalue weighted by Gasteiger charge is 2.25. The molecule has 1 saturated heterocycles. The average Bonchev–Trinajstić information content (AvgIpc) is 3.22. The van der Waals surface area contributed by atoms with E-state index in [9.17, 15) is 0 Å². The van der Waals surface area contributed by atoms with Crippen LogP contribution in [-0.2, 0) is 6.54 Å². The summed E-state index contributed by atoms with van der Waals surface area (Å²) in [5.41, 5.74) is 2.12. The first-order valence-electron chi connectivity index (χ1n) is 9.88. The number of para-hydroxylation sites is 1. The van der Waals surface area contributed by atoms with Crippen molar-refractivity contribution in [3.8, 4) is 0 Å². The molecule has 28 heavy (non-hydrogen) atoms. The minimum atomic E-state index is 0.403. The molecule has 1 fully saturated rings. The third kappa shape index (κ3) is 3.36. The van der Waals surface area contributed by atoms with Crippen LogP contribution >= 0.6 is 0 Å². The molecule has 0 unspecified atom stereocenters. The van der Waals surface area contributed by atoms with E-state index in [1.165, 1.54) is 5.39 Å². The highest BCUT2D eigenvalue weighted by molar-refractivity contribution is 5.80. The topological polar surface area (TPSA) is 46.8 Å². The molecule has 1 aliphatic rings. The van der Waals surface area contributed by atoms with Crippen molar-refractivity contribution in [3.05, 3.63) is 84.7 Å². The van der Waals surface area contributed by atoms with E-state index >= 15 is 0 Å². The van der Waals surface area contributed by atoms with E-state index in [1.54, 1.807) is 0 Å². The summed E-state index contributed by atoms with van der Waals surface area (Å²) in [6.45, 7) is 2.76. The van der Waals surface area contributed by atoms with Gasteiger partial charge in [-0.15, -0.1) is 0 Å². The first kappa shape index (κ1) is 16.9. The van der Waals surface area contributed by atoms with Crippen LogP contribution in [0.2, 0.25) is 0 Å². The molecule has 4 heterocycles. The fraction of sp³-hybridized carbons (Fsp3) is 0.261. The van der Waals surface area contributed by atoms with E-state index in [2.05, 4.69) is 57.0 Å². The fourth-order valence-corrected chi connectivity index (χ4v) is 4.11. The van der Waals surface area contributed by atoms with E-state index in [1.807, 2.05) is 30.6 Å². The Bertz CT molecular complexity index is 1070. The van der Waals surface area contributed by atoms with E-state index < -0.39 is 0 Å². The maximum absolute atomic E-state index is 4.89. The second-order valence-corrected chi connectivity index (χ2v) is 7.38. The van der Waals surface area contributed by atoms with Crippen LogP contribution in [-0.4, -0.2) is 32.6 Å². The minimum Gasteiger partial charge on any atom is -0.356 e. The predicted molar refractivity (Wildman–Crippen MR) is 111 cm³/mol. The van der Waals surface area contributed by atoms with Gasteiger partial charge >= 0.3 is 0 Å². The molecular formula is C23H23N5. The van der Waals surface area contributed by atoms with Crippen molar-refractivity contribution in [1.29, 1.82) is 0 Å². The van der Waals surface area contributed by atoms with Gasteiger partial charge in [-0.25, -0.2) is 9.97 Å². The van der Waals surface area contributed by atoms with Crippen molar-refractivity contribution >= 4 is 16.7 Å². The van der Waals surface area contributed by atoms with E-state index in [4.69, 9.17) is 9.97 Å². The fourth-order valence-electron chi connectivity index (χ4n) is 4.11. The average molecular weight is 369 g/mol. The first-order chi connectivity index (χ1) is 13.9. The van der Waals surface area contributed by atoms with Gasteiger partial charge in [-0.05, 0) is 43.2 Å². The molecule has 0 amide bonds. The second-order valence-electron chi connectivity index (χ2n) is 7.38. The molecule has 0 spiro atoms. The number of anilines is 1. The zero-order chi connectivity index (χ0) is 18.8. The molecule has 3 aromatic heterocycles. The molecule has 1 atom stereocenters. The van der Waals surface area contributed by atoms with Gasteiger partial charge in [0.25, 0.3) is 0 Å². The lowest BCUT2D eigenvalue weighted by Crippen LogP contribution is -2.36. The molecule has 0 saturated carbocycles. The Morgan fingerprint density at radius 2 is 1.86 bits per heavy atom. The van der Waals surface area contributed by atoms with Crippen molar-refractivity contribution < 1.29 is 0 Å². The molecule has 5 rings (SSSR count). The summed E-state index contributed by atoms with van der Waals surface area (Å²) in [7, 11) is 0. The number of pyridine rings is 2. The van der Waals surface area contributed by atoms with Gasteiger partial charge in [0.1, 0.15) is 11.6 Å². The molecule has 0 radical (unpaired) electrons. The highest BCUT2D eigenvalue weighted by Crippen LogP contribution is 2.29. The van der Waals surface area contributed by atoms with Gasteiger partial charge in [-0.3, -0.25) is 4.98 Å². The molecule has 0 aliphatic carbocycles. The van der Waals surface area contributed by atoms with Crippen LogP contribution in [0.4, 0.5) is 5.82 Å². The number of nitrogens with zero attached hydrogens (tertiary/aromatic N) is 5. The Labute approximate surface area is 164 Å².